The highest BCUT2D eigenvalue weighted by Gasteiger charge is 2.29. The summed E-state index contributed by atoms with van der Waals surface area (Å²) in [5.41, 5.74) is 4.06. The van der Waals surface area contributed by atoms with Crippen molar-refractivity contribution in [2.24, 2.45) is 5.10 Å². The van der Waals surface area contributed by atoms with Crippen LogP contribution in [-0.2, 0) is 4.79 Å². The third-order valence-corrected chi connectivity index (χ3v) is 2.76. The lowest BCUT2D eigenvalue weighted by Crippen LogP contribution is -2.20. The highest BCUT2D eigenvalue weighted by molar-refractivity contribution is 6.11. The van der Waals surface area contributed by atoms with E-state index in [9.17, 15) is 4.79 Å². The summed E-state index contributed by atoms with van der Waals surface area (Å²) in [6.45, 7) is 1.82. The minimum absolute atomic E-state index is 0.116. The molecule has 1 atom stereocenters. The molecule has 1 amide bonds. The summed E-state index contributed by atoms with van der Waals surface area (Å²) in [4.78, 5) is 11.6. The number of rotatable bonds is 3. The maximum Gasteiger partial charge on any atom is 0.253 e. The molecule has 5 nitrogen and oxygen atoms in total. The van der Waals surface area contributed by atoms with Crippen LogP contribution in [0.4, 0.5) is 0 Å². The van der Waals surface area contributed by atoms with E-state index in [1.54, 1.807) is 26.4 Å². The Balaban J connectivity index is 2.40. The highest BCUT2D eigenvalue weighted by atomic mass is 16.5. The zero-order valence-corrected chi connectivity index (χ0v) is 9.98. The van der Waals surface area contributed by atoms with Gasteiger partial charge in [0, 0.05) is 0 Å². The molecule has 2 rings (SSSR count). The van der Waals surface area contributed by atoms with E-state index in [-0.39, 0.29) is 11.8 Å². The van der Waals surface area contributed by atoms with E-state index in [2.05, 4.69) is 10.5 Å². The molecule has 0 saturated carbocycles. The smallest absolute Gasteiger partial charge is 0.253 e. The summed E-state index contributed by atoms with van der Waals surface area (Å²) in [6.07, 6.45) is 0. The van der Waals surface area contributed by atoms with Gasteiger partial charge in [0.25, 0.3) is 5.91 Å². The molecular weight excluding hydrogens is 220 g/mol. The van der Waals surface area contributed by atoms with E-state index < -0.39 is 0 Å². The summed E-state index contributed by atoms with van der Waals surface area (Å²) < 4.78 is 10.4. The molecule has 1 aromatic rings. The van der Waals surface area contributed by atoms with Gasteiger partial charge in [0.15, 0.2) is 11.5 Å². The quantitative estimate of drug-likeness (QED) is 0.857. The Bertz CT molecular complexity index is 483. The molecule has 0 fully saturated rings. The predicted octanol–water partition coefficient (Wildman–Crippen LogP) is 1.29. The number of carbonyl (C=O) groups is 1. The number of methoxy groups -OCH3 is 2. The first-order valence-electron chi connectivity index (χ1n) is 5.23. The zero-order chi connectivity index (χ0) is 12.4. The molecular formula is C12H14N2O3. The number of carbonyl (C=O) groups excluding carboxylic acids is 1. The molecule has 1 heterocycles. The fraction of sp³-hybridized carbons (Fsp3) is 0.333. The van der Waals surface area contributed by atoms with E-state index in [1.165, 1.54) is 0 Å². The first-order valence-corrected chi connectivity index (χ1v) is 5.23. The predicted molar refractivity (Wildman–Crippen MR) is 63.5 cm³/mol. The minimum atomic E-state index is -0.338. The Morgan fingerprint density at radius 3 is 2.47 bits per heavy atom. The highest BCUT2D eigenvalue weighted by Crippen LogP contribution is 2.32. The van der Waals surface area contributed by atoms with Gasteiger partial charge in [0.05, 0.1) is 19.9 Å². The Kier molecular flexibility index (Phi) is 2.99. The maximum atomic E-state index is 11.6. The maximum absolute atomic E-state index is 11.6. The second-order valence-electron chi connectivity index (χ2n) is 3.78. The standard InChI is InChI=1S/C12H14N2O3/c1-7-11(12(15)14-13-7)8-4-5-9(16-2)10(6-8)17-3/h4-6,11H,1-3H3,(H,14,15). The third-order valence-electron chi connectivity index (χ3n) is 2.76. The SMILES string of the molecule is COc1ccc(C2C(=O)NN=C2C)cc1OC. The topological polar surface area (TPSA) is 59.9 Å². The van der Waals surface area contributed by atoms with Crippen molar-refractivity contribution in [3.05, 3.63) is 23.8 Å². The number of hydrazone groups is 1. The molecule has 0 radical (unpaired) electrons. The van der Waals surface area contributed by atoms with Gasteiger partial charge in [0.1, 0.15) is 5.92 Å². The summed E-state index contributed by atoms with van der Waals surface area (Å²) in [7, 11) is 3.14. The van der Waals surface area contributed by atoms with Gasteiger partial charge in [0.2, 0.25) is 0 Å². The van der Waals surface area contributed by atoms with Crippen LogP contribution in [0.3, 0.4) is 0 Å². The monoisotopic (exact) mass is 234 g/mol. The van der Waals surface area contributed by atoms with Gasteiger partial charge in [-0.3, -0.25) is 4.79 Å². The van der Waals surface area contributed by atoms with Crippen molar-refractivity contribution in [3.8, 4) is 11.5 Å². The van der Waals surface area contributed by atoms with Crippen molar-refractivity contribution in [3.63, 3.8) is 0 Å². The van der Waals surface area contributed by atoms with E-state index >= 15 is 0 Å². The summed E-state index contributed by atoms with van der Waals surface area (Å²) in [6, 6.07) is 5.43. The van der Waals surface area contributed by atoms with Gasteiger partial charge in [-0.1, -0.05) is 6.07 Å². The van der Waals surface area contributed by atoms with Crippen molar-refractivity contribution in [2.75, 3.05) is 14.2 Å². The summed E-state index contributed by atoms with van der Waals surface area (Å²) in [5, 5.41) is 3.92. The average Bonchev–Trinajstić information content (AvgIpc) is 2.68. The number of nitrogens with zero attached hydrogens (tertiary/aromatic N) is 1. The van der Waals surface area contributed by atoms with Crippen molar-refractivity contribution in [2.45, 2.75) is 12.8 Å². The van der Waals surface area contributed by atoms with E-state index in [0.29, 0.717) is 11.5 Å². The third kappa shape index (κ3) is 1.95. The van der Waals surface area contributed by atoms with Gasteiger partial charge in [-0.05, 0) is 24.6 Å². The molecule has 0 aliphatic carbocycles. The molecule has 1 N–H and O–H groups in total. The Labute approximate surface area is 99.4 Å². The van der Waals surface area contributed by atoms with Crippen LogP contribution in [0, 0.1) is 0 Å². The largest absolute Gasteiger partial charge is 0.493 e. The summed E-state index contributed by atoms with van der Waals surface area (Å²) >= 11 is 0. The molecule has 1 unspecified atom stereocenters. The molecule has 17 heavy (non-hydrogen) atoms. The Hall–Kier alpha value is -2.04. The first-order chi connectivity index (χ1) is 8.17. The van der Waals surface area contributed by atoms with Gasteiger partial charge in [-0.25, -0.2) is 5.43 Å². The number of amides is 1. The minimum Gasteiger partial charge on any atom is -0.493 e. The van der Waals surface area contributed by atoms with Gasteiger partial charge in [-0.15, -0.1) is 0 Å². The number of nitrogens with one attached hydrogen (secondary N) is 1. The van der Waals surface area contributed by atoms with Gasteiger partial charge >= 0.3 is 0 Å². The fourth-order valence-corrected chi connectivity index (χ4v) is 1.89. The zero-order valence-electron chi connectivity index (χ0n) is 9.98. The lowest BCUT2D eigenvalue weighted by atomic mass is 9.95. The number of ether oxygens (including phenoxy) is 2. The summed E-state index contributed by atoms with van der Waals surface area (Å²) in [5.74, 6) is 0.797. The normalized spacial score (nSPS) is 18.6. The van der Waals surface area contributed by atoms with Crippen LogP contribution >= 0.6 is 0 Å². The Morgan fingerprint density at radius 1 is 1.24 bits per heavy atom. The van der Waals surface area contributed by atoms with Crippen LogP contribution in [0.5, 0.6) is 11.5 Å². The molecule has 1 aromatic carbocycles. The van der Waals surface area contributed by atoms with Crippen molar-refractivity contribution in [1.29, 1.82) is 0 Å². The molecule has 90 valence electrons. The van der Waals surface area contributed by atoms with E-state index in [1.807, 2.05) is 13.0 Å². The van der Waals surface area contributed by atoms with Crippen molar-refractivity contribution in [1.82, 2.24) is 5.43 Å². The van der Waals surface area contributed by atoms with Crippen LogP contribution in [0.25, 0.3) is 0 Å². The first kappa shape index (κ1) is 11.4. The van der Waals surface area contributed by atoms with Gasteiger partial charge < -0.3 is 9.47 Å². The Morgan fingerprint density at radius 2 is 1.94 bits per heavy atom. The van der Waals surface area contributed by atoms with Crippen LogP contribution in [0.1, 0.15) is 18.4 Å². The molecule has 1 aliphatic heterocycles. The van der Waals surface area contributed by atoms with Crippen LogP contribution in [-0.4, -0.2) is 25.8 Å². The van der Waals surface area contributed by atoms with Crippen LogP contribution < -0.4 is 14.9 Å². The van der Waals surface area contributed by atoms with Crippen molar-refractivity contribution >= 4 is 11.6 Å². The molecule has 1 aliphatic rings. The fourth-order valence-electron chi connectivity index (χ4n) is 1.89. The number of hydrogen-bond acceptors (Lipinski definition) is 4. The second kappa shape index (κ2) is 4.45. The number of hydrogen-bond donors (Lipinski definition) is 1. The number of benzene rings is 1. The molecule has 0 spiro atoms. The molecule has 0 aromatic heterocycles. The lowest BCUT2D eigenvalue weighted by molar-refractivity contribution is -0.120. The molecule has 0 saturated heterocycles. The van der Waals surface area contributed by atoms with Crippen LogP contribution in [0.15, 0.2) is 23.3 Å². The average molecular weight is 234 g/mol. The van der Waals surface area contributed by atoms with E-state index in [0.717, 1.165) is 11.3 Å². The van der Waals surface area contributed by atoms with Crippen molar-refractivity contribution < 1.29 is 14.3 Å². The van der Waals surface area contributed by atoms with Crippen LogP contribution in [0.2, 0.25) is 0 Å². The second-order valence-corrected chi connectivity index (χ2v) is 3.78. The molecule has 0 bridgehead atoms. The molecule has 5 heteroatoms. The van der Waals surface area contributed by atoms with E-state index in [4.69, 9.17) is 9.47 Å². The lowest BCUT2D eigenvalue weighted by Gasteiger charge is -2.12. The van der Waals surface area contributed by atoms with Gasteiger partial charge in [-0.2, -0.15) is 5.10 Å².